The third-order valence-electron chi connectivity index (χ3n) is 4.28. The second-order valence-electron chi connectivity index (χ2n) is 6.23. The molecular formula is C19H21NO4S. The van der Waals surface area contributed by atoms with Gasteiger partial charge in [-0.05, 0) is 81.1 Å². The smallest absolute Gasteiger partial charge is 0.261 e. The van der Waals surface area contributed by atoms with Gasteiger partial charge in [-0.3, -0.25) is 9.52 Å². The van der Waals surface area contributed by atoms with E-state index >= 15 is 0 Å². The van der Waals surface area contributed by atoms with Gasteiger partial charge in [-0.25, -0.2) is 8.42 Å². The van der Waals surface area contributed by atoms with Crippen LogP contribution in [-0.4, -0.2) is 20.3 Å². The second-order valence-corrected chi connectivity index (χ2v) is 7.92. The maximum absolute atomic E-state index is 12.5. The van der Waals surface area contributed by atoms with Gasteiger partial charge in [-0.15, -0.1) is 0 Å². The Balaban J connectivity index is 1.69. The lowest BCUT2D eigenvalue weighted by Crippen LogP contribution is -2.14. The van der Waals surface area contributed by atoms with Crippen LogP contribution in [0.5, 0.6) is 5.75 Å². The third-order valence-corrected chi connectivity index (χ3v) is 5.68. The van der Waals surface area contributed by atoms with Crippen LogP contribution in [-0.2, 0) is 10.0 Å². The van der Waals surface area contributed by atoms with Crippen LogP contribution in [0.3, 0.4) is 0 Å². The SMILES string of the molecule is CC(=O)c1ccc(NS(=O)(=O)c2ccc(OC3CCCC3)cc2)cc1. The lowest BCUT2D eigenvalue weighted by atomic mass is 10.1. The third kappa shape index (κ3) is 4.39. The molecule has 0 bridgehead atoms. The van der Waals surface area contributed by atoms with Gasteiger partial charge in [-0.1, -0.05) is 0 Å². The van der Waals surface area contributed by atoms with E-state index in [1.807, 2.05) is 0 Å². The minimum absolute atomic E-state index is 0.0627. The summed E-state index contributed by atoms with van der Waals surface area (Å²) in [5.41, 5.74) is 0.952. The van der Waals surface area contributed by atoms with Gasteiger partial charge in [0.05, 0.1) is 11.0 Å². The van der Waals surface area contributed by atoms with Crippen molar-refractivity contribution in [2.45, 2.75) is 43.6 Å². The zero-order chi connectivity index (χ0) is 17.9. The quantitative estimate of drug-likeness (QED) is 0.791. The van der Waals surface area contributed by atoms with Gasteiger partial charge in [0.2, 0.25) is 0 Å². The predicted molar refractivity (Wildman–Crippen MR) is 96.6 cm³/mol. The van der Waals surface area contributed by atoms with Crippen LogP contribution in [0.15, 0.2) is 53.4 Å². The Labute approximate surface area is 148 Å². The number of ketones is 1. The minimum atomic E-state index is -3.68. The molecule has 132 valence electrons. The Morgan fingerprint density at radius 3 is 2.16 bits per heavy atom. The van der Waals surface area contributed by atoms with Crippen LogP contribution in [0.1, 0.15) is 43.0 Å². The average molecular weight is 359 g/mol. The first-order chi connectivity index (χ1) is 11.9. The number of carbonyl (C=O) groups excluding carboxylic acids is 1. The van der Waals surface area contributed by atoms with E-state index in [-0.39, 0.29) is 16.8 Å². The predicted octanol–water partition coefficient (Wildman–Crippen LogP) is 4.01. The maximum Gasteiger partial charge on any atom is 0.261 e. The van der Waals surface area contributed by atoms with Crippen molar-refractivity contribution in [2.75, 3.05) is 4.72 Å². The van der Waals surface area contributed by atoms with Crippen molar-refractivity contribution < 1.29 is 17.9 Å². The summed E-state index contributed by atoms with van der Waals surface area (Å²) in [7, 11) is -3.68. The fraction of sp³-hybridized carbons (Fsp3) is 0.316. The molecule has 1 saturated carbocycles. The van der Waals surface area contributed by atoms with Crippen molar-refractivity contribution in [1.82, 2.24) is 0 Å². The summed E-state index contributed by atoms with van der Waals surface area (Å²) in [5.74, 6) is 0.629. The highest BCUT2D eigenvalue weighted by molar-refractivity contribution is 7.92. The van der Waals surface area contributed by atoms with E-state index in [1.54, 1.807) is 36.4 Å². The number of hydrogen-bond acceptors (Lipinski definition) is 4. The van der Waals surface area contributed by atoms with Crippen molar-refractivity contribution >= 4 is 21.5 Å². The van der Waals surface area contributed by atoms with Crippen LogP contribution in [0.4, 0.5) is 5.69 Å². The number of rotatable bonds is 6. The number of sulfonamides is 1. The lowest BCUT2D eigenvalue weighted by molar-refractivity contribution is 0.101. The summed E-state index contributed by atoms with van der Waals surface area (Å²) >= 11 is 0. The van der Waals surface area contributed by atoms with Crippen LogP contribution in [0.25, 0.3) is 0 Å². The standard InChI is InChI=1S/C19H21NO4S/c1-14(21)15-6-8-16(9-7-15)20-25(22,23)19-12-10-18(11-13-19)24-17-4-2-3-5-17/h6-13,17,20H,2-5H2,1H3. The Morgan fingerprint density at radius 1 is 1.00 bits per heavy atom. The normalized spacial score (nSPS) is 15.1. The molecule has 0 aromatic heterocycles. The van der Waals surface area contributed by atoms with E-state index in [0.29, 0.717) is 17.0 Å². The molecule has 5 nitrogen and oxygen atoms in total. The van der Waals surface area contributed by atoms with Gasteiger partial charge >= 0.3 is 0 Å². The molecule has 0 amide bonds. The summed E-state index contributed by atoms with van der Waals surface area (Å²) in [6.45, 7) is 1.47. The summed E-state index contributed by atoms with van der Waals surface area (Å²) < 4.78 is 33.3. The Morgan fingerprint density at radius 2 is 1.60 bits per heavy atom. The minimum Gasteiger partial charge on any atom is -0.490 e. The highest BCUT2D eigenvalue weighted by Crippen LogP contribution is 2.25. The number of hydrogen-bond donors (Lipinski definition) is 1. The Kier molecular flexibility index (Phi) is 5.08. The number of nitrogens with one attached hydrogen (secondary N) is 1. The molecule has 3 rings (SSSR count). The van der Waals surface area contributed by atoms with Gasteiger partial charge in [0.25, 0.3) is 10.0 Å². The first-order valence-corrected chi connectivity index (χ1v) is 9.83. The van der Waals surface area contributed by atoms with Gasteiger partial charge in [-0.2, -0.15) is 0 Å². The van der Waals surface area contributed by atoms with Crippen LogP contribution < -0.4 is 9.46 Å². The zero-order valence-corrected chi connectivity index (χ0v) is 14.9. The molecular weight excluding hydrogens is 338 g/mol. The molecule has 1 fully saturated rings. The first kappa shape index (κ1) is 17.5. The maximum atomic E-state index is 12.5. The van der Waals surface area contributed by atoms with E-state index in [2.05, 4.69) is 4.72 Å². The molecule has 1 N–H and O–H groups in total. The number of ether oxygens (including phenoxy) is 1. The molecule has 0 radical (unpaired) electrons. The van der Waals surface area contributed by atoms with Crippen LogP contribution in [0, 0.1) is 0 Å². The molecule has 0 heterocycles. The van der Waals surface area contributed by atoms with E-state index in [9.17, 15) is 13.2 Å². The van der Waals surface area contributed by atoms with E-state index in [4.69, 9.17) is 4.74 Å². The number of Topliss-reactive ketones (excluding diaryl/α,β-unsaturated/α-hetero) is 1. The Bertz CT molecular complexity index is 836. The van der Waals surface area contributed by atoms with Gasteiger partial charge < -0.3 is 4.74 Å². The largest absolute Gasteiger partial charge is 0.490 e. The van der Waals surface area contributed by atoms with Crippen molar-refractivity contribution in [3.8, 4) is 5.75 Å². The highest BCUT2D eigenvalue weighted by Gasteiger charge is 2.18. The number of benzene rings is 2. The fourth-order valence-corrected chi connectivity index (χ4v) is 3.94. The van der Waals surface area contributed by atoms with E-state index < -0.39 is 10.0 Å². The van der Waals surface area contributed by atoms with E-state index in [0.717, 1.165) is 12.8 Å². The molecule has 0 spiro atoms. The molecule has 2 aromatic carbocycles. The topological polar surface area (TPSA) is 72.5 Å². The number of carbonyl (C=O) groups is 1. The average Bonchev–Trinajstić information content (AvgIpc) is 3.08. The molecule has 0 unspecified atom stereocenters. The lowest BCUT2D eigenvalue weighted by Gasteiger charge is -2.13. The van der Waals surface area contributed by atoms with Crippen molar-refractivity contribution in [3.63, 3.8) is 0 Å². The molecule has 1 aliphatic rings. The van der Waals surface area contributed by atoms with Gasteiger partial charge in [0, 0.05) is 11.3 Å². The molecule has 0 aliphatic heterocycles. The molecule has 0 atom stereocenters. The molecule has 1 aliphatic carbocycles. The van der Waals surface area contributed by atoms with Crippen molar-refractivity contribution in [3.05, 3.63) is 54.1 Å². The summed E-state index contributed by atoms with van der Waals surface area (Å²) in [6, 6.07) is 12.8. The van der Waals surface area contributed by atoms with Crippen LogP contribution >= 0.6 is 0 Å². The van der Waals surface area contributed by atoms with E-state index in [1.165, 1.54) is 31.9 Å². The van der Waals surface area contributed by atoms with Crippen molar-refractivity contribution in [1.29, 1.82) is 0 Å². The summed E-state index contributed by atoms with van der Waals surface area (Å²) in [6.07, 6.45) is 4.71. The monoisotopic (exact) mass is 359 g/mol. The summed E-state index contributed by atoms with van der Waals surface area (Å²) in [4.78, 5) is 11.4. The van der Waals surface area contributed by atoms with Crippen molar-refractivity contribution in [2.24, 2.45) is 0 Å². The highest BCUT2D eigenvalue weighted by atomic mass is 32.2. The first-order valence-electron chi connectivity index (χ1n) is 8.34. The van der Waals surface area contributed by atoms with Gasteiger partial charge in [0.1, 0.15) is 5.75 Å². The second kappa shape index (κ2) is 7.27. The molecule has 0 saturated heterocycles. The molecule has 25 heavy (non-hydrogen) atoms. The fourth-order valence-electron chi connectivity index (χ4n) is 2.88. The Hall–Kier alpha value is -2.34. The molecule has 6 heteroatoms. The summed E-state index contributed by atoms with van der Waals surface area (Å²) in [5, 5.41) is 0. The molecule has 2 aromatic rings. The van der Waals surface area contributed by atoms with Crippen LogP contribution in [0.2, 0.25) is 0 Å². The zero-order valence-electron chi connectivity index (χ0n) is 14.1. The number of anilines is 1. The van der Waals surface area contributed by atoms with Gasteiger partial charge in [0.15, 0.2) is 5.78 Å².